The van der Waals surface area contributed by atoms with Crippen LogP contribution in [0.3, 0.4) is 0 Å². The van der Waals surface area contributed by atoms with Crippen molar-refractivity contribution in [1.29, 1.82) is 0 Å². The highest BCUT2D eigenvalue weighted by Crippen LogP contribution is 2.06. The van der Waals surface area contributed by atoms with E-state index in [1.807, 2.05) is 30.3 Å². The first-order chi connectivity index (χ1) is 9.95. The first kappa shape index (κ1) is 14.9. The van der Waals surface area contributed by atoms with E-state index in [1.54, 1.807) is 0 Å². The maximum Gasteiger partial charge on any atom is 0.414 e. The molecule has 3 N–H and O–H groups in total. The van der Waals surface area contributed by atoms with E-state index >= 15 is 0 Å². The van der Waals surface area contributed by atoms with Crippen LogP contribution in [0, 0.1) is 0 Å². The summed E-state index contributed by atoms with van der Waals surface area (Å²) in [5.41, 5.74) is 0.832. The number of nitrogens with one attached hydrogen (secondary N) is 1. The first-order valence-corrected chi connectivity index (χ1v) is 7.32. The molecule has 0 atom stereocenters. The standard InChI is InChI=1S/C12H12N4O4S/c13-21(18,19)10-6-14-11(15-7-10)16-12(17)20-8-9-4-2-1-3-5-9/h1-7H,8H2,(H2,13,18,19)(H,14,15,16,17). The number of amides is 1. The second-order valence-electron chi connectivity index (χ2n) is 3.97. The molecule has 0 spiro atoms. The molecule has 1 aromatic carbocycles. The summed E-state index contributed by atoms with van der Waals surface area (Å²) in [6.07, 6.45) is 1.24. The lowest BCUT2D eigenvalue weighted by atomic mass is 10.2. The summed E-state index contributed by atoms with van der Waals surface area (Å²) in [7, 11) is -3.86. The van der Waals surface area contributed by atoms with Gasteiger partial charge in [0.15, 0.2) is 0 Å². The molecule has 9 heteroatoms. The molecule has 0 saturated heterocycles. The van der Waals surface area contributed by atoms with Gasteiger partial charge >= 0.3 is 6.09 Å². The van der Waals surface area contributed by atoms with Crippen LogP contribution in [-0.4, -0.2) is 24.5 Å². The Morgan fingerprint density at radius 1 is 1.19 bits per heavy atom. The van der Waals surface area contributed by atoms with Gasteiger partial charge in [0.05, 0.1) is 12.4 Å². The van der Waals surface area contributed by atoms with E-state index in [9.17, 15) is 13.2 Å². The lowest BCUT2D eigenvalue weighted by molar-refractivity contribution is 0.155. The van der Waals surface area contributed by atoms with E-state index in [2.05, 4.69) is 15.3 Å². The minimum absolute atomic E-state index is 0.0829. The maximum atomic E-state index is 11.5. The van der Waals surface area contributed by atoms with E-state index < -0.39 is 16.1 Å². The number of anilines is 1. The highest BCUT2D eigenvalue weighted by atomic mass is 32.2. The van der Waals surface area contributed by atoms with Crippen molar-refractivity contribution in [3.63, 3.8) is 0 Å². The summed E-state index contributed by atoms with van der Waals surface area (Å²) in [5, 5.41) is 7.17. The van der Waals surface area contributed by atoms with Crippen LogP contribution in [0.15, 0.2) is 47.6 Å². The second-order valence-corrected chi connectivity index (χ2v) is 5.54. The largest absolute Gasteiger partial charge is 0.444 e. The third-order valence-corrected chi connectivity index (χ3v) is 3.25. The Balaban J connectivity index is 1.91. The average molecular weight is 308 g/mol. The molecule has 0 unspecified atom stereocenters. The summed E-state index contributed by atoms with van der Waals surface area (Å²) < 4.78 is 27.0. The molecule has 0 aliphatic rings. The summed E-state index contributed by atoms with van der Waals surface area (Å²) in [6, 6.07) is 9.12. The van der Waals surface area contributed by atoms with Gasteiger partial charge in [-0.2, -0.15) is 0 Å². The maximum absolute atomic E-state index is 11.5. The molecule has 1 heterocycles. The predicted octanol–water partition coefficient (Wildman–Crippen LogP) is 0.873. The number of nitrogens with two attached hydrogens (primary N) is 1. The van der Waals surface area contributed by atoms with Crippen LogP contribution in [0.2, 0.25) is 0 Å². The topological polar surface area (TPSA) is 124 Å². The Morgan fingerprint density at radius 3 is 2.38 bits per heavy atom. The smallest absolute Gasteiger partial charge is 0.414 e. The van der Waals surface area contributed by atoms with Crippen molar-refractivity contribution in [2.45, 2.75) is 11.5 Å². The zero-order valence-corrected chi connectivity index (χ0v) is 11.6. The fourth-order valence-electron chi connectivity index (χ4n) is 1.38. The summed E-state index contributed by atoms with van der Waals surface area (Å²) in [5.74, 6) is -0.0829. The number of ether oxygens (including phenoxy) is 1. The van der Waals surface area contributed by atoms with Crippen molar-refractivity contribution in [3.05, 3.63) is 48.3 Å². The zero-order chi connectivity index (χ0) is 15.3. The number of benzene rings is 1. The fourth-order valence-corrected chi connectivity index (χ4v) is 1.78. The monoisotopic (exact) mass is 308 g/mol. The van der Waals surface area contributed by atoms with Gasteiger partial charge in [0.1, 0.15) is 11.5 Å². The van der Waals surface area contributed by atoms with E-state index in [0.29, 0.717) is 0 Å². The van der Waals surface area contributed by atoms with Crippen LogP contribution in [0.5, 0.6) is 0 Å². The van der Waals surface area contributed by atoms with Gasteiger partial charge in [0.2, 0.25) is 16.0 Å². The molecule has 1 aromatic heterocycles. The number of hydrogen-bond donors (Lipinski definition) is 2. The summed E-state index contributed by atoms with van der Waals surface area (Å²) in [4.78, 5) is 18.6. The van der Waals surface area contributed by atoms with Crippen LogP contribution < -0.4 is 10.5 Å². The van der Waals surface area contributed by atoms with Crippen molar-refractivity contribution < 1.29 is 17.9 Å². The molecule has 0 fully saturated rings. The molecule has 0 aliphatic carbocycles. The molecule has 0 bridgehead atoms. The number of nitrogens with zero attached hydrogens (tertiary/aromatic N) is 2. The van der Waals surface area contributed by atoms with Gasteiger partial charge in [-0.25, -0.2) is 28.3 Å². The normalized spacial score (nSPS) is 10.9. The van der Waals surface area contributed by atoms with Crippen molar-refractivity contribution >= 4 is 22.1 Å². The van der Waals surface area contributed by atoms with Crippen LogP contribution in [0.25, 0.3) is 0 Å². The number of sulfonamides is 1. The Labute approximate surface area is 121 Å². The SMILES string of the molecule is NS(=O)(=O)c1cnc(NC(=O)OCc2ccccc2)nc1. The van der Waals surface area contributed by atoms with Gasteiger partial charge in [-0.05, 0) is 5.56 Å². The van der Waals surface area contributed by atoms with Gasteiger partial charge in [-0.1, -0.05) is 30.3 Å². The van der Waals surface area contributed by atoms with E-state index in [1.165, 1.54) is 0 Å². The Hall–Kier alpha value is -2.52. The Morgan fingerprint density at radius 2 is 1.81 bits per heavy atom. The quantitative estimate of drug-likeness (QED) is 0.863. The highest BCUT2D eigenvalue weighted by molar-refractivity contribution is 7.89. The third kappa shape index (κ3) is 4.51. The van der Waals surface area contributed by atoms with Gasteiger partial charge in [0, 0.05) is 0 Å². The molecule has 0 aliphatic heterocycles. The molecule has 110 valence electrons. The fraction of sp³-hybridized carbons (Fsp3) is 0.0833. The van der Waals surface area contributed by atoms with Crippen LogP contribution in [-0.2, 0) is 21.4 Å². The number of primary sulfonamides is 1. The number of carbonyl (C=O) groups excluding carboxylic acids is 1. The van der Waals surface area contributed by atoms with E-state index in [-0.39, 0.29) is 17.5 Å². The first-order valence-electron chi connectivity index (χ1n) is 5.78. The second kappa shape index (κ2) is 6.29. The Bertz CT molecular complexity index is 717. The van der Waals surface area contributed by atoms with Crippen LogP contribution in [0.4, 0.5) is 10.7 Å². The molecule has 21 heavy (non-hydrogen) atoms. The molecule has 0 saturated carbocycles. The van der Waals surface area contributed by atoms with Gasteiger partial charge in [-0.15, -0.1) is 0 Å². The minimum Gasteiger partial charge on any atom is -0.444 e. The summed E-state index contributed by atoms with van der Waals surface area (Å²) >= 11 is 0. The molecule has 8 nitrogen and oxygen atoms in total. The number of aromatic nitrogens is 2. The molecule has 2 aromatic rings. The van der Waals surface area contributed by atoms with Gasteiger partial charge in [0.25, 0.3) is 0 Å². The Kier molecular flexibility index (Phi) is 4.45. The molecule has 2 rings (SSSR count). The lowest BCUT2D eigenvalue weighted by Gasteiger charge is -2.06. The number of rotatable bonds is 4. The number of carbonyl (C=O) groups is 1. The van der Waals surface area contributed by atoms with Crippen molar-refractivity contribution in [2.75, 3.05) is 5.32 Å². The molecular weight excluding hydrogens is 296 g/mol. The molecule has 0 radical (unpaired) electrons. The molecular formula is C12H12N4O4S. The highest BCUT2D eigenvalue weighted by Gasteiger charge is 2.10. The van der Waals surface area contributed by atoms with Crippen molar-refractivity contribution in [3.8, 4) is 0 Å². The van der Waals surface area contributed by atoms with Crippen molar-refractivity contribution in [1.82, 2.24) is 9.97 Å². The van der Waals surface area contributed by atoms with E-state index in [4.69, 9.17) is 9.88 Å². The van der Waals surface area contributed by atoms with Gasteiger partial charge in [-0.3, -0.25) is 5.32 Å². The zero-order valence-electron chi connectivity index (χ0n) is 10.8. The minimum atomic E-state index is -3.86. The van der Waals surface area contributed by atoms with Crippen LogP contribution in [0.1, 0.15) is 5.56 Å². The van der Waals surface area contributed by atoms with Crippen molar-refractivity contribution in [2.24, 2.45) is 5.14 Å². The predicted molar refractivity (Wildman–Crippen MR) is 73.7 cm³/mol. The van der Waals surface area contributed by atoms with E-state index in [0.717, 1.165) is 18.0 Å². The average Bonchev–Trinajstić information content (AvgIpc) is 2.46. The molecule has 1 amide bonds. The lowest BCUT2D eigenvalue weighted by Crippen LogP contribution is -2.17. The number of hydrogen-bond acceptors (Lipinski definition) is 6. The van der Waals surface area contributed by atoms with Gasteiger partial charge < -0.3 is 4.74 Å². The van der Waals surface area contributed by atoms with Crippen LogP contribution >= 0.6 is 0 Å². The third-order valence-electron chi connectivity index (χ3n) is 2.38. The summed E-state index contributed by atoms with van der Waals surface area (Å²) in [6.45, 7) is 0.0991.